The van der Waals surface area contributed by atoms with Gasteiger partial charge in [-0.15, -0.1) is 0 Å². The van der Waals surface area contributed by atoms with Gasteiger partial charge in [0.25, 0.3) is 0 Å². The van der Waals surface area contributed by atoms with Crippen LogP contribution in [0, 0.1) is 0 Å². The highest BCUT2D eigenvalue weighted by molar-refractivity contribution is 7.89. The van der Waals surface area contributed by atoms with Crippen molar-refractivity contribution in [2.45, 2.75) is 11.8 Å². The first kappa shape index (κ1) is 21.6. The predicted octanol–water partition coefficient (Wildman–Crippen LogP) is 4.26. The molecule has 0 aliphatic carbocycles. The third-order valence-corrected chi connectivity index (χ3v) is 7.52. The zero-order valence-corrected chi connectivity index (χ0v) is 18.6. The molecule has 3 aromatic rings. The molecule has 5 nitrogen and oxygen atoms in total. The van der Waals surface area contributed by atoms with Gasteiger partial charge in [-0.2, -0.15) is 4.31 Å². The lowest BCUT2D eigenvalue weighted by Crippen LogP contribution is -2.48. The van der Waals surface area contributed by atoms with Gasteiger partial charge in [0, 0.05) is 43.5 Å². The van der Waals surface area contributed by atoms with E-state index in [0.29, 0.717) is 48.8 Å². The van der Waals surface area contributed by atoms with E-state index in [9.17, 15) is 8.42 Å². The molecular weight excluding hydrogens is 408 g/mol. The van der Waals surface area contributed by atoms with E-state index in [-0.39, 0.29) is 0 Å². The topological polar surface area (TPSA) is 49.9 Å². The SMILES string of the molecule is CCOc1ccc(S(=O)(=O)N2CCN(C/C=C/c3ccccc3)CC2)c2ccccc12. The summed E-state index contributed by atoms with van der Waals surface area (Å²) >= 11 is 0. The van der Waals surface area contributed by atoms with Gasteiger partial charge in [0.15, 0.2) is 0 Å². The maximum Gasteiger partial charge on any atom is 0.243 e. The average Bonchev–Trinajstić information content (AvgIpc) is 2.80. The van der Waals surface area contributed by atoms with Crippen molar-refractivity contribution < 1.29 is 13.2 Å². The van der Waals surface area contributed by atoms with Crippen molar-refractivity contribution in [3.05, 3.63) is 78.4 Å². The van der Waals surface area contributed by atoms with Gasteiger partial charge in [-0.3, -0.25) is 4.90 Å². The van der Waals surface area contributed by atoms with E-state index < -0.39 is 10.0 Å². The Labute approximate surface area is 184 Å². The summed E-state index contributed by atoms with van der Waals surface area (Å²) in [4.78, 5) is 2.63. The zero-order valence-electron chi connectivity index (χ0n) is 17.8. The van der Waals surface area contributed by atoms with Crippen LogP contribution >= 0.6 is 0 Å². The Morgan fingerprint density at radius 3 is 2.26 bits per heavy atom. The molecule has 4 rings (SSSR count). The van der Waals surface area contributed by atoms with Crippen molar-refractivity contribution in [3.63, 3.8) is 0 Å². The van der Waals surface area contributed by atoms with Crippen LogP contribution < -0.4 is 4.74 Å². The number of nitrogens with zero attached hydrogens (tertiary/aromatic N) is 2. The summed E-state index contributed by atoms with van der Waals surface area (Å²) in [7, 11) is -3.57. The predicted molar refractivity (Wildman–Crippen MR) is 126 cm³/mol. The fourth-order valence-corrected chi connectivity index (χ4v) is 5.56. The van der Waals surface area contributed by atoms with Gasteiger partial charge in [-0.05, 0) is 24.6 Å². The second kappa shape index (κ2) is 9.64. The van der Waals surface area contributed by atoms with Gasteiger partial charge in [0.1, 0.15) is 5.75 Å². The summed E-state index contributed by atoms with van der Waals surface area (Å²) in [6.07, 6.45) is 4.24. The van der Waals surface area contributed by atoms with Gasteiger partial charge >= 0.3 is 0 Å². The van der Waals surface area contributed by atoms with E-state index in [1.165, 1.54) is 5.56 Å². The summed E-state index contributed by atoms with van der Waals surface area (Å²) in [5.41, 5.74) is 1.17. The molecule has 1 saturated heterocycles. The standard InChI is InChI=1S/C25H28N2O3S/c1-2-30-24-14-15-25(23-13-7-6-12-22(23)24)31(28,29)27-19-17-26(18-20-27)16-8-11-21-9-4-3-5-10-21/h3-15H,2,16-20H2,1H3/b11-8+. The molecule has 6 heteroatoms. The lowest BCUT2D eigenvalue weighted by molar-refractivity contribution is 0.204. The van der Waals surface area contributed by atoms with Crippen molar-refractivity contribution in [2.75, 3.05) is 39.3 Å². The number of hydrogen-bond acceptors (Lipinski definition) is 4. The lowest BCUT2D eigenvalue weighted by atomic mass is 10.1. The smallest absolute Gasteiger partial charge is 0.243 e. The number of sulfonamides is 1. The van der Waals surface area contributed by atoms with Crippen molar-refractivity contribution >= 4 is 26.9 Å². The highest BCUT2D eigenvalue weighted by Crippen LogP contribution is 2.32. The third-order valence-electron chi connectivity index (χ3n) is 5.57. The minimum absolute atomic E-state index is 0.351. The number of hydrogen-bond donors (Lipinski definition) is 0. The van der Waals surface area contributed by atoms with Gasteiger partial charge in [0.2, 0.25) is 10.0 Å². The molecule has 0 saturated carbocycles. The number of benzene rings is 3. The van der Waals surface area contributed by atoms with Crippen LogP contribution in [0.25, 0.3) is 16.8 Å². The first-order chi connectivity index (χ1) is 15.1. The molecular formula is C25H28N2O3S. The van der Waals surface area contributed by atoms with Crippen LogP contribution in [-0.4, -0.2) is 57.0 Å². The van der Waals surface area contributed by atoms with Gasteiger partial charge in [-0.25, -0.2) is 8.42 Å². The summed E-state index contributed by atoms with van der Waals surface area (Å²) < 4.78 is 34.2. The minimum Gasteiger partial charge on any atom is -0.493 e. The summed E-state index contributed by atoms with van der Waals surface area (Å²) in [5, 5.41) is 1.54. The molecule has 1 fully saturated rings. The molecule has 0 unspecified atom stereocenters. The molecule has 31 heavy (non-hydrogen) atoms. The zero-order chi connectivity index (χ0) is 21.7. The van der Waals surface area contributed by atoms with Crippen LogP contribution in [0.5, 0.6) is 5.75 Å². The highest BCUT2D eigenvalue weighted by atomic mass is 32.2. The van der Waals surface area contributed by atoms with Crippen LogP contribution in [-0.2, 0) is 10.0 Å². The molecule has 0 radical (unpaired) electrons. The molecule has 0 atom stereocenters. The van der Waals surface area contributed by atoms with E-state index in [1.54, 1.807) is 16.4 Å². The maximum atomic E-state index is 13.4. The van der Waals surface area contributed by atoms with Crippen molar-refractivity contribution in [3.8, 4) is 5.75 Å². The number of fused-ring (bicyclic) bond motifs is 1. The van der Waals surface area contributed by atoms with Crippen molar-refractivity contribution in [2.24, 2.45) is 0 Å². The second-order valence-electron chi connectivity index (χ2n) is 7.56. The Morgan fingerprint density at radius 2 is 1.55 bits per heavy atom. The van der Waals surface area contributed by atoms with E-state index >= 15 is 0 Å². The minimum atomic E-state index is -3.57. The van der Waals surface area contributed by atoms with Crippen LogP contribution in [0.15, 0.2) is 77.7 Å². The highest BCUT2D eigenvalue weighted by Gasteiger charge is 2.29. The van der Waals surface area contributed by atoms with Crippen molar-refractivity contribution in [1.29, 1.82) is 0 Å². The number of piperazine rings is 1. The van der Waals surface area contributed by atoms with E-state index in [0.717, 1.165) is 11.9 Å². The Bertz CT molecular complexity index is 1150. The molecule has 1 heterocycles. The third kappa shape index (κ3) is 4.82. The maximum absolute atomic E-state index is 13.4. The lowest BCUT2D eigenvalue weighted by Gasteiger charge is -2.33. The van der Waals surface area contributed by atoms with Crippen LogP contribution in [0.2, 0.25) is 0 Å². The van der Waals surface area contributed by atoms with E-state index in [1.807, 2.05) is 49.4 Å². The fourth-order valence-electron chi connectivity index (χ4n) is 3.94. The second-order valence-corrected chi connectivity index (χ2v) is 9.46. The summed E-state index contributed by atoms with van der Waals surface area (Å²) in [6, 6.07) is 21.2. The monoisotopic (exact) mass is 436 g/mol. The fraction of sp³-hybridized carbons (Fsp3) is 0.280. The van der Waals surface area contributed by atoms with Crippen LogP contribution in [0.4, 0.5) is 0 Å². The first-order valence-corrected chi connectivity index (χ1v) is 12.1. The summed E-state index contributed by atoms with van der Waals surface area (Å²) in [6.45, 7) is 5.69. The molecule has 0 bridgehead atoms. The molecule has 0 spiro atoms. The van der Waals surface area contributed by atoms with Crippen LogP contribution in [0.1, 0.15) is 12.5 Å². The number of ether oxygens (including phenoxy) is 1. The summed E-state index contributed by atoms with van der Waals surface area (Å²) in [5.74, 6) is 0.715. The molecule has 3 aromatic carbocycles. The Balaban J connectivity index is 1.46. The van der Waals surface area contributed by atoms with Crippen molar-refractivity contribution in [1.82, 2.24) is 9.21 Å². The molecule has 0 aromatic heterocycles. The van der Waals surface area contributed by atoms with Gasteiger partial charge < -0.3 is 4.74 Å². The van der Waals surface area contributed by atoms with Gasteiger partial charge in [0.05, 0.1) is 11.5 Å². The van der Waals surface area contributed by atoms with E-state index in [4.69, 9.17) is 4.74 Å². The van der Waals surface area contributed by atoms with E-state index in [2.05, 4.69) is 29.2 Å². The quantitative estimate of drug-likeness (QED) is 0.555. The Kier molecular flexibility index (Phi) is 6.70. The molecule has 162 valence electrons. The Hall–Kier alpha value is -2.67. The van der Waals surface area contributed by atoms with Crippen LogP contribution in [0.3, 0.4) is 0 Å². The first-order valence-electron chi connectivity index (χ1n) is 10.7. The molecule has 0 amide bonds. The largest absolute Gasteiger partial charge is 0.493 e. The normalized spacial score (nSPS) is 16.2. The average molecular weight is 437 g/mol. The molecule has 1 aliphatic rings. The molecule has 0 N–H and O–H groups in total. The number of rotatable bonds is 7. The molecule has 1 aliphatic heterocycles. The Morgan fingerprint density at radius 1 is 0.871 bits per heavy atom. The van der Waals surface area contributed by atoms with Gasteiger partial charge in [-0.1, -0.05) is 66.7 Å².